The van der Waals surface area contributed by atoms with Crippen LogP contribution in [0.15, 0.2) is 34.1 Å². The van der Waals surface area contributed by atoms with E-state index < -0.39 is 0 Å². The van der Waals surface area contributed by atoms with Crippen LogP contribution in [0.3, 0.4) is 0 Å². The molecular weight excluding hydrogens is 296 g/mol. The second-order valence-electron chi connectivity index (χ2n) is 4.25. The summed E-state index contributed by atoms with van der Waals surface area (Å²) in [5, 5.41) is 2.12. The molecule has 17 heavy (non-hydrogen) atoms. The van der Waals surface area contributed by atoms with Gasteiger partial charge >= 0.3 is 0 Å². The summed E-state index contributed by atoms with van der Waals surface area (Å²) in [6.07, 6.45) is 1.12. The highest BCUT2D eigenvalue weighted by atomic mass is 79.9. The van der Waals surface area contributed by atoms with Crippen molar-refractivity contribution in [2.45, 2.75) is 13.0 Å². The van der Waals surface area contributed by atoms with Gasteiger partial charge in [-0.15, -0.1) is 11.3 Å². The minimum Gasteiger partial charge on any atom is -0.399 e. The Morgan fingerprint density at radius 2 is 2.24 bits per heavy atom. The average Bonchev–Trinajstić information content (AvgIpc) is 2.88. The van der Waals surface area contributed by atoms with Crippen molar-refractivity contribution in [3.05, 3.63) is 44.6 Å². The number of rotatable bonds is 2. The summed E-state index contributed by atoms with van der Waals surface area (Å²) in [5.74, 6) is 0. The molecule has 88 valence electrons. The Morgan fingerprint density at radius 3 is 3.00 bits per heavy atom. The van der Waals surface area contributed by atoms with E-state index in [-0.39, 0.29) is 0 Å². The predicted molar refractivity (Wildman–Crippen MR) is 77.6 cm³/mol. The SMILES string of the molecule is Nc1ccc2c(c1)N(Cc1sccc1Br)CC2. The molecule has 1 aromatic carbocycles. The van der Waals surface area contributed by atoms with Crippen LogP contribution in [0.1, 0.15) is 10.4 Å². The van der Waals surface area contributed by atoms with Crippen molar-refractivity contribution in [1.29, 1.82) is 0 Å². The maximum absolute atomic E-state index is 5.86. The molecule has 4 heteroatoms. The third-order valence-electron chi connectivity index (χ3n) is 3.13. The maximum Gasteiger partial charge on any atom is 0.0534 e. The highest BCUT2D eigenvalue weighted by Crippen LogP contribution is 2.33. The summed E-state index contributed by atoms with van der Waals surface area (Å²) >= 11 is 5.38. The molecule has 0 fully saturated rings. The van der Waals surface area contributed by atoms with Crippen LogP contribution >= 0.6 is 27.3 Å². The molecule has 1 aliphatic rings. The van der Waals surface area contributed by atoms with Crippen LogP contribution < -0.4 is 10.6 Å². The Kier molecular flexibility index (Phi) is 2.84. The minimum atomic E-state index is 0.848. The number of benzene rings is 1. The zero-order valence-electron chi connectivity index (χ0n) is 9.32. The second-order valence-corrected chi connectivity index (χ2v) is 6.11. The fraction of sp³-hybridized carbons (Fsp3) is 0.231. The molecule has 2 nitrogen and oxygen atoms in total. The zero-order valence-corrected chi connectivity index (χ0v) is 11.7. The smallest absolute Gasteiger partial charge is 0.0534 e. The van der Waals surface area contributed by atoms with E-state index in [0.29, 0.717) is 0 Å². The molecule has 0 atom stereocenters. The van der Waals surface area contributed by atoms with Gasteiger partial charge in [0.1, 0.15) is 0 Å². The topological polar surface area (TPSA) is 29.3 Å². The Hall–Kier alpha value is -1.00. The van der Waals surface area contributed by atoms with E-state index in [9.17, 15) is 0 Å². The zero-order chi connectivity index (χ0) is 11.8. The normalized spacial score (nSPS) is 14.1. The lowest BCUT2D eigenvalue weighted by atomic mass is 10.1. The van der Waals surface area contributed by atoms with Gasteiger partial charge in [-0.25, -0.2) is 0 Å². The maximum atomic E-state index is 5.86. The molecule has 0 unspecified atom stereocenters. The van der Waals surface area contributed by atoms with Crippen LogP contribution in [0.2, 0.25) is 0 Å². The van der Waals surface area contributed by atoms with Crippen molar-refractivity contribution in [1.82, 2.24) is 0 Å². The van der Waals surface area contributed by atoms with E-state index in [4.69, 9.17) is 5.73 Å². The van der Waals surface area contributed by atoms with Crippen LogP contribution in [-0.2, 0) is 13.0 Å². The monoisotopic (exact) mass is 308 g/mol. The summed E-state index contributed by atoms with van der Waals surface area (Å²) in [5.41, 5.74) is 9.42. The van der Waals surface area contributed by atoms with Gasteiger partial charge in [0.15, 0.2) is 0 Å². The third-order valence-corrected chi connectivity index (χ3v) is 5.04. The van der Waals surface area contributed by atoms with Crippen molar-refractivity contribution in [2.75, 3.05) is 17.2 Å². The van der Waals surface area contributed by atoms with Crippen molar-refractivity contribution < 1.29 is 0 Å². The first-order valence-electron chi connectivity index (χ1n) is 5.59. The number of thiophene rings is 1. The van der Waals surface area contributed by atoms with Gasteiger partial charge in [-0.3, -0.25) is 0 Å². The van der Waals surface area contributed by atoms with Gasteiger partial charge in [0.2, 0.25) is 0 Å². The standard InChI is InChI=1S/C13H13BrN2S/c14-11-4-6-17-13(11)8-16-5-3-9-1-2-10(15)7-12(9)16/h1-2,4,6-7H,3,5,8,15H2. The summed E-state index contributed by atoms with van der Waals surface area (Å²) in [4.78, 5) is 3.78. The third kappa shape index (κ3) is 2.07. The van der Waals surface area contributed by atoms with Crippen molar-refractivity contribution in [3.63, 3.8) is 0 Å². The van der Waals surface area contributed by atoms with E-state index >= 15 is 0 Å². The van der Waals surface area contributed by atoms with Crippen LogP contribution in [0.5, 0.6) is 0 Å². The fourth-order valence-corrected chi connectivity index (χ4v) is 3.73. The minimum absolute atomic E-state index is 0.848. The van der Waals surface area contributed by atoms with Crippen molar-refractivity contribution >= 4 is 38.6 Å². The Bertz CT molecular complexity index is 550. The quantitative estimate of drug-likeness (QED) is 0.858. The molecule has 0 radical (unpaired) electrons. The number of nitrogen functional groups attached to an aromatic ring is 1. The first kappa shape index (κ1) is 11.1. The number of nitrogens with two attached hydrogens (primary N) is 1. The fourth-order valence-electron chi connectivity index (χ4n) is 2.24. The first-order chi connectivity index (χ1) is 8.24. The number of fused-ring (bicyclic) bond motifs is 1. The molecule has 0 aliphatic carbocycles. The van der Waals surface area contributed by atoms with Gasteiger partial charge < -0.3 is 10.6 Å². The second kappa shape index (κ2) is 4.35. The number of halogens is 1. The predicted octanol–water partition coefficient (Wildman–Crippen LogP) is 3.66. The summed E-state index contributed by atoms with van der Waals surface area (Å²) in [6.45, 7) is 2.05. The Balaban J connectivity index is 1.89. The highest BCUT2D eigenvalue weighted by Gasteiger charge is 2.20. The van der Waals surface area contributed by atoms with E-state index in [1.165, 1.54) is 20.6 Å². The number of hydrogen-bond donors (Lipinski definition) is 1. The largest absolute Gasteiger partial charge is 0.399 e. The molecule has 2 heterocycles. The van der Waals surface area contributed by atoms with Crippen LogP contribution in [0.25, 0.3) is 0 Å². The van der Waals surface area contributed by atoms with Crippen LogP contribution in [0.4, 0.5) is 11.4 Å². The molecule has 2 N–H and O–H groups in total. The van der Waals surface area contributed by atoms with Crippen molar-refractivity contribution in [3.8, 4) is 0 Å². The summed E-state index contributed by atoms with van der Waals surface area (Å²) in [6, 6.07) is 8.33. The number of hydrogen-bond acceptors (Lipinski definition) is 3. The summed E-state index contributed by atoms with van der Waals surface area (Å²) < 4.78 is 1.21. The Labute approximate surface area is 113 Å². The van der Waals surface area contributed by atoms with Crippen LogP contribution in [0, 0.1) is 0 Å². The lowest BCUT2D eigenvalue weighted by Crippen LogP contribution is -2.19. The van der Waals surface area contributed by atoms with E-state index in [1.54, 1.807) is 11.3 Å². The first-order valence-corrected chi connectivity index (χ1v) is 7.26. The van der Waals surface area contributed by atoms with Gasteiger partial charge in [0.25, 0.3) is 0 Å². The van der Waals surface area contributed by atoms with Gasteiger partial charge in [0.05, 0.1) is 6.54 Å². The van der Waals surface area contributed by atoms with E-state index in [2.05, 4.69) is 44.4 Å². The molecule has 2 aromatic rings. The van der Waals surface area contributed by atoms with Crippen molar-refractivity contribution in [2.24, 2.45) is 0 Å². The molecule has 0 amide bonds. The Morgan fingerprint density at radius 1 is 1.35 bits per heavy atom. The van der Waals surface area contributed by atoms with Gasteiger partial charge in [0, 0.05) is 27.3 Å². The average molecular weight is 309 g/mol. The van der Waals surface area contributed by atoms with Gasteiger partial charge in [-0.05, 0) is 51.5 Å². The molecule has 0 saturated carbocycles. The number of nitrogens with zero attached hydrogens (tertiary/aromatic N) is 1. The van der Waals surface area contributed by atoms with Gasteiger partial charge in [-0.2, -0.15) is 0 Å². The van der Waals surface area contributed by atoms with Gasteiger partial charge in [-0.1, -0.05) is 6.07 Å². The summed E-state index contributed by atoms with van der Waals surface area (Å²) in [7, 11) is 0. The molecule has 0 bridgehead atoms. The lowest BCUT2D eigenvalue weighted by Gasteiger charge is -2.19. The number of anilines is 2. The molecule has 0 saturated heterocycles. The molecule has 3 rings (SSSR count). The molecular formula is C13H13BrN2S. The van der Waals surface area contributed by atoms with E-state index in [0.717, 1.165) is 25.2 Å². The van der Waals surface area contributed by atoms with E-state index in [1.807, 2.05) is 6.07 Å². The lowest BCUT2D eigenvalue weighted by molar-refractivity contribution is 0.844. The van der Waals surface area contributed by atoms with Crippen LogP contribution in [-0.4, -0.2) is 6.54 Å². The molecule has 0 spiro atoms. The molecule has 1 aliphatic heterocycles. The molecule has 1 aromatic heterocycles. The highest BCUT2D eigenvalue weighted by molar-refractivity contribution is 9.10.